The molecule has 0 aromatic heterocycles. The fourth-order valence-electron chi connectivity index (χ4n) is 1.79. The molecule has 2 unspecified atom stereocenters. The maximum atomic E-state index is 11.5. The summed E-state index contributed by atoms with van der Waals surface area (Å²) in [7, 11) is 0. The van der Waals surface area contributed by atoms with Crippen molar-refractivity contribution in [2.45, 2.75) is 45.3 Å². The average molecular weight is 229 g/mol. The van der Waals surface area contributed by atoms with Crippen LogP contribution in [0.2, 0.25) is 0 Å². The summed E-state index contributed by atoms with van der Waals surface area (Å²) in [6.07, 6.45) is 1.45. The van der Waals surface area contributed by atoms with E-state index in [0.717, 1.165) is 6.42 Å². The smallest absolute Gasteiger partial charge is 0.315 e. The van der Waals surface area contributed by atoms with Crippen LogP contribution in [0.25, 0.3) is 0 Å². The molecule has 1 amide bonds. The molecule has 0 radical (unpaired) electrons. The van der Waals surface area contributed by atoms with Gasteiger partial charge in [-0.3, -0.25) is 9.59 Å². The minimum atomic E-state index is -1.09. The Labute approximate surface area is 95.2 Å². The second-order valence-corrected chi connectivity index (χ2v) is 4.87. The highest BCUT2D eigenvalue weighted by molar-refractivity contribution is 5.96. The molecule has 5 heteroatoms. The highest BCUT2D eigenvalue weighted by Gasteiger charge is 2.31. The monoisotopic (exact) mass is 229 g/mol. The lowest BCUT2D eigenvalue weighted by atomic mass is 9.93. The van der Waals surface area contributed by atoms with E-state index in [9.17, 15) is 9.59 Å². The molecule has 0 bridgehead atoms. The van der Waals surface area contributed by atoms with Crippen LogP contribution in [0.15, 0.2) is 0 Å². The summed E-state index contributed by atoms with van der Waals surface area (Å²) in [5.74, 6) is -2.51. The molecule has 1 aliphatic rings. The van der Waals surface area contributed by atoms with Gasteiger partial charge >= 0.3 is 5.97 Å². The van der Waals surface area contributed by atoms with E-state index < -0.39 is 17.8 Å². The molecule has 1 heterocycles. The van der Waals surface area contributed by atoms with Gasteiger partial charge < -0.3 is 15.2 Å². The van der Waals surface area contributed by atoms with Crippen LogP contribution < -0.4 is 5.32 Å². The topological polar surface area (TPSA) is 75.6 Å². The fourth-order valence-corrected chi connectivity index (χ4v) is 1.79. The third-order valence-electron chi connectivity index (χ3n) is 2.81. The van der Waals surface area contributed by atoms with E-state index >= 15 is 0 Å². The number of hydrogen-bond donors (Lipinski definition) is 2. The molecule has 92 valence electrons. The Hall–Kier alpha value is -1.10. The van der Waals surface area contributed by atoms with Crippen molar-refractivity contribution in [1.82, 2.24) is 5.32 Å². The number of hydrogen-bond acceptors (Lipinski definition) is 3. The number of carboxylic acid groups (broad SMARTS) is 1. The lowest BCUT2D eigenvalue weighted by Crippen LogP contribution is -2.48. The molecule has 2 N–H and O–H groups in total. The van der Waals surface area contributed by atoms with E-state index in [1.54, 1.807) is 0 Å². The molecule has 16 heavy (non-hydrogen) atoms. The Kier molecular flexibility index (Phi) is 3.91. The third-order valence-corrected chi connectivity index (χ3v) is 2.81. The lowest BCUT2D eigenvalue weighted by molar-refractivity contribution is -0.146. The van der Waals surface area contributed by atoms with Gasteiger partial charge in [0.1, 0.15) is 5.92 Å². The van der Waals surface area contributed by atoms with Gasteiger partial charge in [0.2, 0.25) is 5.91 Å². The normalized spacial score (nSPS) is 25.8. The van der Waals surface area contributed by atoms with Gasteiger partial charge in [-0.15, -0.1) is 0 Å². The van der Waals surface area contributed by atoms with Gasteiger partial charge in [0.25, 0.3) is 0 Å². The Morgan fingerprint density at radius 1 is 1.50 bits per heavy atom. The molecule has 0 aliphatic carbocycles. The first-order chi connectivity index (χ1) is 7.32. The predicted molar refractivity (Wildman–Crippen MR) is 58.0 cm³/mol. The summed E-state index contributed by atoms with van der Waals surface area (Å²) in [4.78, 5) is 22.2. The van der Waals surface area contributed by atoms with Crippen molar-refractivity contribution in [3.63, 3.8) is 0 Å². The predicted octanol–water partition coefficient (Wildman–Crippen LogP) is 0.781. The fraction of sp³-hybridized carbons (Fsp3) is 0.818. The first-order valence-electron chi connectivity index (χ1n) is 5.49. The van der Waals surface area contributed by atoms with Crippen LogP contribution in [-0.2, 0) is 14.3 Å². The van der Waals surface area contributed by atoms with Gasteiger partial charge in [0, 0.05) is 12.6 Å². The van der Waals surface area contributed by atoms with E-state index in [-0.39, 0.29) is 11.6 Å². The largest absolute Gasteiger partial charge is 0.481 e. The van der Waals surface area contributed by atoms with E-state index in [2.05, 4.69) is 5.32 Å². The van der Waals surface area contributed by atoms with Crippen LogP contribution in [-0.4, -0.2) is 35.2 Å². The summed E-state index contributed by atoms with van der Waals surface area (Å²) in [6.45, 7) is 5.92. The number of amides is 1. The minimum Gasteiger partial charge on any atom is -0.481 e. The summed E-state index contributed by atoms with van der Waals surface area (Å²) in [5, 5.41) is 11.5. The van der Waals surface area contributed by atoms with Gasteiger partial charge in [-0.05, 0) is 33.6 Å². The van der Waals surface area contributed by atoms with Crippen molar-refractivity contribution in [3.05, 3.63) is 0 Å². The first-order valence-corrected chi connectivity index (χ1v) is 5.49. The van der Waals surface area contributed by atoms with Crippen LogP contribution in [0.5, 0.6) is 0 Å². The first kappa shape index (κ1) is 13.0. The SMILES string of the molecule is CC(C(=O)O)C(=O)NC1CCOC(C)(C)C1. The Morgan fingerprint density at radius 2 is 2.12 bits per heavy atom. The molecule has 0 aromatic carbocycles. The molecular weight excluding hydrogens is 210 g/mol. The Morgan fingerprint density at radius 3 is 2.62 bits per heavy atom. The average Bonchev–Trinajstić information content (AvgIpc) is 2.14. The second kappa shape index (κ2) is 4.82. The molecule has 1 fully saturated rings. The third kappa shape index (κ3) is 3.48. The Balaban J connectivity index is 2.48. The molecule has 1 rings (SSSR count). The van der Waals surface area contributed by atoms with Crippen molar-refractivity contribution in [2.24, 2.45) is 5.92 Å². The second-order valence-electron chi connectivity index (χ2n) is 4.87. The van der Waals surface area contributed by atoms with Crippen molar-refractivity contribution in [1.29, 1.82) is 0 Å². The zero-order valence-corrected chi connectivity index (χ0v) is 9.95. The number of carboxylic acids is 1. The molecule has 2 atom stereocenters. The zero-order valence-electron chi connectivity index (χ0n) is 9.95. The van der Waals surface area contributed by atoms with Gasteiger partial charge in [0.05, 0.1) is 5.60 Å². The standard InChI is InChI=1S/C11H19NO4/c1-7(10(14)15)9(13)12-8-4-5-16-11(2,3)6-8/h7-8H,4-6H2,1-3H3,(H,12,13)(H,14,15). The number of rotatable bonds is 3. The molecule has 1 saturated heterocycles. The molecular formula is C11H19NO4. The van der Waals surface area contributed by atoms with Gasteiger partial charge in [-0.2, -0.15) is 0 Å². The van der Waals surface area contributed by atoms with Crippen LogP contribution in [0, 0.1) is 5.92 Å². The van der Waals surface area contributed by atoms with E-state index in [0.29, 0.717) is 13.0 Å². The summed E-state index contributed by atoms with van der Waals surface area (Å²) in [6, 6.07) is 0.0121. The van der Waals surface area contributed by atoms with Crippen molar-refractivity contribution < 1.29 is 19.4 Å². The summed E-state index contributed by atoms with van der Waals surface area (Å²) < 4.78 is 5.52. The van der Waals surface area contributed by atoms with E-state index in [4.69, 9.17) is 9.84 Å². The maximum Gasteiger partial charge on any atom is 0.315 e. The maximum absolute atomic E-state index is 11.5. The van der Waals surface area contributed by atoms with Crippen LogP contribution in [0.4, 0.5) is 0 Å². The van der Waals surface area contributed by atoms with Gasteiger partial charge in [0.15, 0.2) is 0 Å². The molecule has 0 saturated carbocycles. The Bertz CT molecular complexity index is 288. The molecule has 5 nitrogen and oxygen atoms in total. The minimum absolute atomic E-state index is 0.0121. The molecule has 0 spiro atoms. The quantitative estimate of drug-likeness (QED) is 0.701. The number of aliphatic carboxylic acids is 1. The van der Waals surface area contributed by atoms with Gasteiger partial charge in [-0.25, -0.2) is 0 Å². The summed E-state index contributed by atoms with van der Waals surface area (Å²) >= 11 is 0. The van der Waals surface area contributed by atoms with Crippen LogP contribution in [0.3, 0.4) is 0 Å². The van der Waals surface area contributed by atoms with Crippen molar-refractivity contribution in [2.75, 3.05) is 6.61 Å². The van der Waals surface area contributed by atoms with Gasteiger partial charge in [-0.1, -0.05) is 0 Å². The number of carbonyl (C=O) groups is 2. The van der Waals surface area contributed by atoms with Crippen LogP contribution in [0.1, 0.15) is 33.6 Å². The molecule has 0 aromatic rings. The van der Waals surface area contributed by atoms with Crippen LogP contribution >= 0.6 is 0 Å². The van der Waals surface area contributed by atoms with E-state index in [1.807, 2.05) is 13.8 Å². The number of carbonyl (C=O) groups excluding carboxylic acids is 1. The molecule has 1 aliphatic heterocycles. The highest BCUT2D eigenvalue weighted by Crippen LogP contribution is 2.24. The zero-order chi connectivity index (χ0) is 12.3. The van der Waals surface area contributed by atoms with Crippen molar-refractivity contribution in [3.8, 4) is 0 Å². The number of nitrogens with one attached hydrogen (secondary N) is 1. The van der Waals surface area contributed by atoms with Crippen molar-refractivity contribution >= 4 is 11.9 Å². The summed E-state index contributed by atoms with van der Waals surface area (Å²) in [5.41, 5.74) is -0.247. The highest BCUT2D eigenvalue weighted by atomic mass is 16.5. The van der Waals surface area contributed by atoms with E-state index in [1.165, 1.54) is 6.92 Å². The lowest BCUT2D eigenvalue weighted by Gasteiger charge is -2.36. The number of ether oxygens (including phenoxy) is 1.